The maximum Gasteiger partial charge on any atom is 0.207 e. The SMILES string of the molecule is C.C.C.CCCCCC(O)/C=C/C=C\CC[C@@H]1C[C@H]1CCCCC=O.CCCCCC(O)/C=C/C=C\CC[C@@H]1C[C@H]1CCCCCO.CCCCCC(O)C#C/C=C\CC[C@@H]1C[C@H]1CCCCC.CCCCC[C@@H]1C[C@H]1CC/C=C\C=C\[C@@H](O)CCCCC.CCCCC[C@@H]1C[C@H]1CC/C=C\C=C\[C@H](O)CCCCC.[CH3][AlH2]. The summed E-state index contributed by atoms with van der Waals surface area (Å²) in [5, 5.41) is 57.4. The first-order chi connectivity index (χ1) is 53.4. The van der Waals surface area contributed by atoms with E-state index < -0.39 is 6.10 Å². The fourth-order valence-corrected chi connectivity index (χ4v) is 15.2. The van der Waals surface area contributed by atoms with Crippen molar-refractivity contribution >= 4 is 22.6 Å². The molecule has 0 heterocycles. The van der Waals surface area contributed by atoms with Crippen molar-refractivity contribution in [2.75, 3.05) is 6.61 Å². The summed E-state index contributed by atoms with van der Waals surface area (Å²) >= 11 is 1.31. The quantitative estimate of drug-likeness (QED) is 0.0117. The molecule has 5 aliphatic rings. The highest BCUT2D eigenvalue weighted by Crippen LogP contribution is 2.49. The molecule has 5 saturated carbocycles. The highest BCUT2D eigenvalue weighted by atomic mass is 27.0. The van der Waals surface area contributed by atoms with E-state index in [9.17, 15) is 30.3 Å². The van der Waals surface area contributed by atoms with Crippen molar-refractivity contribution in [2.45, 2.75) is 467 Å². The fourth-order valence-electron chi connectivity index (χ4n) is 15.2. The van der Waals surface area contributed by atoms with Gasteiger partial charge in [0.05, 0.1) is 24.4 Å². The molecule has 8 heteroatoms. The summed E-state index contributed by atoms with van der Waals surface area (Å²) in [4.78, 5) is 10.2. The molecule has 0 spiro atoms. The van der Waals surface area contributed by atoms with E-state index >= 15 is 0 Å². The lowest BCUT2D eigenvalue weighted by Crippen LogP contribution is -2.01. The van der Waals surface area contributed by atoms with Crippen molar-refractivity contribution in [3.8, 4) is 11.8 Å². The highest BCUT2D eigenvalue weighted by Gasteiger charge is 2.38. The van der Waals surface area contributed by atoms with Crippen LogP contribution in [0.5, 0.6) is 0 Å². The summed E-state index contributed by atoms with van der Waals surface area (Å²) in [7, 11) is 0. The Morgan fingerprint density at radius 3 is 0.804 bits per heavy atom. The smallest absolute Gasteiger partial charge is 0.207 e. The third kappa shape index (κ3) is 78.4. The number of aldehydes is 1. The fraction of sp³-hybridized carbons (Fsp3) is 0.798. The monoisotopic (exact) mass is 1580 g/mol. The molecule has 0 radical (unpaired) electrons. The van der Waals surface area contributed by atoms with Gasteiger partial charge in [0.15, 0.2) is 0 Å². The van der Waals surface area contributed by atoms with Crippen molar-refractivity contribution in [1.82, 2.24) is 0 Å². The largest absolute Gasteiger partial charge is 0.396 e. The number of rotatable bonds is 65. The Balaban J connectivity index is -0.000000643. The summed E-state index contributed by atoms with van der Waals surface area (Å²) in [5.74, 6) is 17.9. The van der Waals surface area contributed by atoms with Crippen LogP contribution in [0, 0.1) is 71.0 Å². The van der Waals surface area contributed by atoms with Gasteiger partial charge in [-0.1, -0.05) is 392 Å². The molecule has 15 atom stereocenters. The maximum atomic E-state index is 10.2. The topological polar surface area (TPSA) is 138 Å². The maximum absolute atomic E-state index is 10.2. The first kappa shape index (κ1) is 115. The van der Waals surface area contributed by atoms with Crippen molar-refractivity contribution < 1.29 is 35.4 Å². The van der Waals surface area contributed by atoms with E-state index in [4.69, 9.17) is 5.11 Å². The molecule has 5 aliphatic carbocycles. The molecular formula is C104H193AlO7. The number of carbonyl (C=O) groups is 1. The van der Waals surface area contributed by atoms with Crippen LogP contribution >= 0.6 is 0 Å². The van der Waals surface area contributed by atoms with Gasteiger partial charge in [0.1, 0.15) is 12.4 Å². The standard InChI is InChI=1S/C20H36O2.C20H34O2.2C20H36O.C20H34O.3CH4.CH3.Al.2H/c2*1-2-3-7-14-20(22)15-10-5-4-8-12-18-17-19(18)13-9-6-11-16-21;3*1-3-5-9-13-18-17-19(18)14-11-7-8-12-16-20(21)15-10-6-4-2;;;;;;;/h4-5,10,15,18-22H,2-3,6-9,11-14,16-17H2,1H3;4-5,10,15-16,18-20,22H,2-3,6-9,11-14,17H2,1H3;2*7-8,12,16,18-21H,3-6,9-11,13-15,17H2,1-2H3;7-8,18-21H,3-6,9-11,13-15,17H2,1-2H3;3*1H4;1H3;;;/b2*5-4-,15-10+;2*8-7-,16-12+;8-7-;;;;;;;/t2*18-,19-,20?;18-,19-,20+;18-,19-,20-;18-,19-,20?;;;;;;;/m11111......./s1. The van der Waals surface area contributed by atoms with Gasteiger partial charge in [0, 0.05) is 13.0 Å². The van der Waals surface area contributed by atoms with Crippen LogP contribution < -0.4 is 0 Å². The Hall–Kier alpha value is -2.82. The molecule has 0 aromatic heterocycles. The first-order valence-corrected chi connectivity index (χ1v) is 49.3. The van der Waals surface area contributed by atoms with E-state index in [2.05, 4.69) is 128 Å². The molecule has 0 saturated heterocycles. The minimum Gasteiger partial charge on any atom is -0.396 e. The van der Waals surface area contributed by atoms with Gasteiger partial charge < -0.3 is 35.4 Å². The van der Waals surface area contributed by atoms with Crippen LogP contribution in [0.1, 0.15) is 431 Å². The van der Waals surface area contributed by atoms with E-state index in [1.54, 1.807) is 0 Å². The Bertz CT molecular complexity index is 2240. The van der Waals surface area contributed by atoms with Crippen LogP contribution in [-0.2, 0) is 4.79 Å². The molecule has 7 nitrogen and oxygen atoms in total. The van der Waals surface area contributed by atoms with Gasteiger partial charge in [-0.05, 0) is 213 Å². The predicted octanol–water partition coefficient (Wildman–Crippen LogP) is 29.4. The lowest BCUT2D eigenvalue weighted by molar-refractivity contribution is -0.107. The number of aliphatic hydroxyl groups excluding tert-OH is 6. The van der Waals surface area contributed by atoms with E-state index in [1.165, 1.54) is 267 Å². The van der Waals surface area contributed by atoms with E-state index in [1.807, 2.05) is 54.7 Å². The Labute approximate surface area is 707 Å². The van der Waals surface area contributed by atoms with Gasteiger partial charge >= 0.3 is 0 Å². The lowest BCUT2D eigenvalue weighted by Gasteiger charge is -2.03. The van der Waals surface area contributed by atoms with E-state index in [0.29, 0.717) is 6.61 Å². The van der Waals surface area contributed by atoms with E-state index in [0.717, 1.165) is 168 Å². The van der Waals surface area contributed by atoms with Crippen molar-refractivity contribution in [3.63, 3.8) is 0 Å². The van der Waals surface area contributed by atoms with Crippen LogP contribution in [0.2, 0.25) is 5.79 Å². The average molecular weight is 1580 g/mol. The zero-order chi connectivity index (χ0) is 80.1. The third-order valence-corrected chi connectivity index (χ3v) is 23.0. The molecule has 0 amide bonds. The van der Waals surface area contributed by atoms with Crippen LogP contribution in [0.3, 0.4) is 0 Å². The molecular weight excluding hydrogens is 1390 g/mol. The van der Waals surface area contributed by atoms with Crippen LogP contribution in [0.4, 0.5) is 0 Å². The van der Waals surface area contributed by atoms with Crippen molar-refractivity contribution in [2.24, 2.45) is 59.2 Å². The second-order valence-electron chi connectivity index (χ2n) is 33.4. The minimum atomic E-state index is -0.437. The lowest BCUT2D eigenvalue weighted by atomic mass is 10.1. The van der Waals surface area contributed by atoms with Gasteiger partial charge in [-0.2, -0.15) is 0 Å². The molecule has 3 unspecified atom stereocenters. The summed E-state index contributed by atoms with van der Waals surface area (Å²) < 4.78 is 0. The molecule has 5 rings (SSSR count). The van der Waals surface area contributed by atoms with Gasteiger partial charge in [0.25, 0.3) is 0 Å². The Kier molecular flexibility index (Phi) is 90.2. The van der Waals surface area contributed by atoms with E-state index in [-0.39, 0.29) is 46.7 Å². The summed E-state index contributed by atoms with van der Waals surface area (Å²) in [6.45, 7) is 18.1. The van der Waals surface area contributed by atoms with Crippen LogP contribution in [0.25, 0.3) is 0 Å². The first-order valence-electron chi connectivity index (χ1n) is 47.3. The number of hydrogen-bond donors (Lipinski definition) is 6. The number of allylic oxidation sites excluding steroid dienone is 14. The van der Waals surface area contributed by atoms with Gasteiger partial charge in [-0.25, -0.2) is 0 Å². The second kappa shape index (κ2) is 87.5. The molecule has 0 bridgehead atoms. The van der Waals surface area contributed by atoms with Gasteiger partial charge in [-0.15, -0.1) is 5.79 Å². The van der Waals surface area contributed by atoms with Crippen LogP contribution in [-0.4, -0.2) is 90.3 Å². The number of hydrogen-bond acceptors (Lipinski definition) is 7. The average Bonchev–Trinajstić information content (AvgIpc) is 1.74. The zero-order valence-corrected chi connectivity index (χ0v) is 75.3. The molecule has 0 aromatic rings. The van der Waals surface area contributed by atoms with Crippen molar-refractivity contribution in [3.05, 3.63) is 109 Å². The predicted molar refractivity (Wildman–Crippen MR) is 502 cm³/mol. The molecule has 112 heavy (non-hydrogen) atoms. The normalized spacial score (nSPS) is 21.7. The van der Waals surface area contributed by atoms with Crippen LogP contribution in [0.15, 0.2) is 109 Å². The molecule has 654 valence electrons. The Morgan fingerprint density at radius 1 is 0.295 bits per heavy atom. The zero-order valence-electron chi connectivity index (χ0n) is 73.3. The molecule has 5 fully saturated rings. The number of carbonyl (C=O) groups excluding carboxylic acids is 1. The molecule has 0 aromatic carbocycles. The summed E-state index contributed by atoms with van der Waals surface area (Å²) in [6.07, 6.45) is 105. The second-order valence-corrected chi connectivity index (χ2v) is 33.4. The number of unbranched alkanes of at least 4 members (excludes halogenated alkanes) is 20. The van der Waals surface area contributed by atoms with Gasteiger partial charge in [0.2, 0.25) is 16.3 Å². The minimum absolute atomic E-state index is 0. The number of aliphatic hydroxyl groups is 6. The molecule has 6 N–H and O–H groups in total. The van der Waals surface area contributed by atoms with Crippen molar-refractivity contribution in [1.29, 1.82) is 0 Å². The third-order valence-electron chi connectivity index (χ3n) is 23.0. The summed E-state index contributed by atoms with van der Waals surface area (Å²) in [6, 6.07) is 0. The summed E-state index contributed by atoms with van der Waals surface area (Å²) in [5.41, 5.74) is 0. The van der Waals surface area contributed by atoms with Gasteiger partial charge in [-0.3, -0.25) is 0 Å². The Morgan fingerprint density at radius 2 is 0.536 bits per heavy atom. The molecule has 0 aliphatic heterocycles. The highest BCUT2D eigenvalue weighted by molar-refractivity contribution is 6.05.